The number of alkyl halides is 2. The minimum absolute atomic E-state index is 0.157. The molecule has 0 unspecified atom stereocenters. The highest BCUT2D eigenvalue weighted by molar-refractivity contribution is 7.08. The fourth-order valence-electron chi connectivity index (χ4n) is 4.51. The summed E-state index contributed by atoms with van der Waals surface area (Å²) in [5, 5.41) is 22.4. The van der Waals surface area contributed by atoms with Crippen LogP contribution < -0.4 is 5.32 Å². The smallest absolute Gasteiger partial charge is 0.337 e. The van der Waals surface area contributed by atoms with Crippen molar-refractivity contribution >= 4 is 63.4 Å². The Morgan fingerprint density at radius 1 is 1.08 bits per heavy atom. The number of thiophene rings is 1. The van der Waals surface area contributed by atoms with Crippen molar-refractivity contribution in [3.8, 4) is 0 Å². The van der Waals surface area contributed by atoms with Crippen molar-refractivity contribution < 1.29 is 23.5 Å². The van der Waals surface area contributed by atoms with Gasteiger partial charge in [-0.25, -0.2) is 5.01 Å². The van der Waals surface area contributed by atoms with E-state index >= 15 is 0 Å². The molecule has 190 valence electrons. The topological polar surface area (TPSA) is 82.0 Å². The Bertz CT molecular complexity index is 1440. The average Bonchev–Trinajstić information content (AvgIpc) is 3.51. The third-order valence-electron chi connectivity index (χ3n) is 6.23. The molecule has 0 bridgehead atoms. The first-order chi connectivity index (χ1) is 17.6. The van der Waals surface area contributed by atoms with E-state index in [2.05, 4.69) is 10.4 Å². The molecule has 2 aliphatic heterocycles. The quantitative estimate of drug-likeness (QED) is 0.350. The van der Waals surface area contributed by atoms with Crippen molar-refractivity contribution in [2.45, 2.75) is 24.8 Å². The molecular formula is C26H19Cl2F2N3O3S. The van der Waals surface area contributed by atoms with Crippen LogP contribution in [0, 0.1) is 0 Å². The van der Waals surface area contributed by atoms with Gasteiger partial charge in [-0.2, -0.15) is 13.9 Å². The zero-order chi connectivity index (χ0) is 26.3. The molecule has 0 radical (unpaired) electrons. The van der Waals surface area contributed by atoms with E-state index in [0.717, 1.165) is 33.0 Å². The first kappa shape index (κ1) is 25.4. The standard InChI is InChI=1S/C26H19Cl2F2N3O3S/c27-16-5-1-14(2-6-16)22-9-20(32-33(22)25(36)26(29,30)10-23(34)35)18-11-31-21-13-37-12-19(21)24(18)15-3-7-17(28)8-4-15/h1-8,12-13,22,31H,9-11H2,(H,34,35)/t22-/m0/s1. The Balaban J connectivity index is 1.63. The number of anilines is 1. The number of carbonyl (C=O) groups excluding carboxylic acids is 1. The van der Waals surface area contributed by atoms with Crippen LogP contribution in [0.3, 0.4) is 0 Å². The summed E-state index contributed by atoms with van der Waals surface area (Å²) in [6, 6.07) is 12.9. The molecule has 2 aromatic carbocycles. The predicted octanol–water partition coefficient (Wildman–Crippen LogP) is 6.72. The Morgan fingerprint density at radius 2 is 1.73 bits per heavy atom. The van der Waals surface area contributed by atoms with Crippen molar-refractivity contribution in [2.24, 2.45) is 5.10 Å². The highest BCUT2D eigenvalue weighted by Gasteiger charge is 2.49. The Labute approximate surface area is 224 Å². The number of halogens is 4. The zero-order valence-corrected chi connectivity index (χ0v) is 21.4. The van der Waals surface area contributed by atoms with Crippen molar-refractivity contribution in [2.75, 3.05) is 11.9 Å². The monoisotopic (exact) mass is 561 g/mol. The van der Waals surface area contributed by atoms with Gasteiger partial charge in [0.25, 0.3) is 0 Å². The van der Waals surface area contributed by atoms with Gasteiger partial charge >= 0.3 is 17.8 Å². The first-order valence-corrected chi connectivity index (χ1v) is 12.9. The number of aliphatic carboxylic acids is 1. The van der Waals surface area contributed by atoms with Gasteiger partial charge in [-0.1, -0.05) is 47.5 Å². The van der Waals surface area contributed by atoms with Gasteiger partial charge < -0.3 is 10.4 Å². The second-order valence-electron chi connectivity index (χ2n) is 8.66. The molecule has 1 atom stereocenters. The fourth-order valence-corrected chi connectivity index (χ4v) is 5.56. The average molecular weight is 562 g/mol. The zero-order valence-electron chi connectivity index (χ0n) is 19.1. The maximum Gasteiger partial charge on any atom is 0.337 e. The lowest BCUT2D eigenvalue weighted by Crippen LogP contribution is -2.42. The number of carbonyl (C=O) groups is 2. The molecule has 2 aliphatic rings. The number of hydrogen-bond acceptors (Lipinski definition) is 5. The number of hydrazone groups is 1. The van der Waals surface area contributed by atoms with Crippen molar-refractivity contribution in [1.29, 1.82) is 0 Å². The predicted molar refractivity (Wildman–Crippen MR) is 141 cm³/mol. The Hall–Kier alpha value is -3.27. The van der Waals surface area contributed by atoms with Crippen LogP contribution >= 0.6 is 34.5 Å². The minimum Gasteiger partial charge on any atom is -0.481 e. The lowest BCUT2D eigenvalue weighted by molar-refractivity contribution is -0.167. The minimum atomic E-state index is -4.13. The molecule has 1 aromatic heterocycles. The number of fused-ring (bicyclic) bond motifs is 1. The summed E-state index contributed by atoms with van der Waals surface area (Å²) >= 11 is 13.6. The summed E-state index contributed by atoms with van der Waals surface area (Å²) in [7, 11) is 0. The number of benzene rings is 2. The molecule has 5 rings (SSSR count). The fraction of sp³-hybridized carbons (Fsp3) is 0.192. The van der Waals surface area contributed by atoms with E-state index in [1.807, 2.05) is 22.9 Å². The van der Waals surface area contributed by atoms with E-state index in [1.54, 1.807) is 36.4 Å². The van der Waals surface area contributed by atoms with Gasteiger partial charge in [-0.05, 0) is 41.0 Å². The van der Waals surface area contributed by atoms with Crippen LogP contribution in [0.1, 0.15) is 35.6 Å². The number of hydrogen-bond donors (Lipinski definition) is 2. The van der Waals surface area contributed by atoms with Crippen LogP contribution in [0.5, 0.6) is 0 Å². The van der Waals surface area contributed by atoms with E-state index < -0.39 is 30.3 Å². The van der Waals surface area contributed by atoms with E-state index in [1.165, 1.54) is 11.3 Å². The van der Waals surface area contributed by atoms with Crippen LogP contribution in [-0.4, -0.2) is 40.2 Å². The van der Waals surface area contributed by atoms with E-state index in [0.29, 0.717) is 27.9 Å². The van der Waals surface area contributed by atoms with Crippen molar-refractivity contribution in [1.82, 2.24) is 5.01 Å². The normalized spacial score (nSPS) is 17.4. The first-order valence-electron chi connectivity index (χ1n) is 11.2. The van der Waals surface area contributed by atoms with Crippen LogP contribution in [0.25, 0.3) is 5.57 Å². The largest absolute Gasteiger partial charge is 0.481 e. The van der Waals surface area contributed by atoms with Gasteiger partial charge in [-0.15, -0.1) is 11.3 Å². The Kier molecular flexibility index (Phi) is 6.78. The number of carboxylic acids is 1. The molecule has 6 nitrogen and oxygen atoms in total. The Morgan fingerprint density at radius 3 is 2.38 bits per heavy atom. The summed E-state index contributed by atoms with van der Waals surface area (Å²) in [4.78, 5) is 24.0. The molecule has 37 heavy (non-hydrogen) atoms. The number of amides is 1. The van der Waals surface area contributed by atoms with Gasteiger partial charge in [0.1, 0.15) is 6.42 Å². The maximum absolute atomic E-state index is 14.7. The number of nitrogens with zero attached hydrogens (tertiary/aromatic N) is 2. The molecule has 0 saturated heterocycles. The number of nitrogens with one attached hydrogen (secondary N) is 1. The second kappa shape index (κ2) is 9.89. The molecule has 1 amide bonds. The van der Waals surface area contributed by atoms with Crippen LogP contribution in [0.4, 0.5) is 14.5 Å². The summed E-state index contributed by atoms with van der Waals surface area (Å²) in [5.41, 5.74) is 5.36. The van der Waals surface area contributed by atoms with Crippen LogP contribution in [0.15, 0.2) is 70.0 Å². The highest BCUT2D eigenvalue weighted by Crippen LogP contribution is 2.43. The van der Waals surface area contributed by atoms with Gasteiger partial charge in [0.2, 0.25) is 0 Å². The maximum atomic E-state index is 14.7. The number of carboxylic acid groups (broad SMARTS) is 1. The highest BCUT2D eigenvalue weighted by atomic mass is 35.5. The van der Waals surface area contributed by atoms with E-state index in [-0.39, 0.29) is 6.42 Å². The van der Waals surface area contributed by atoms with E-state index in [9.17, 15) is 18.4 Å². The number of rotatable bonds is 6. The van der Waals surface area contributed by atoms with Crippen molar-refractivity contribution in [3.05, 3.63) is 91.6 Å². The van der Waals surface area contributed by atoms with Crippen LogP contribution in [0.2, 0.25) is 10.0 Å². The molecule has 0 aliphatic carbocycles. The molecule has 0 fully saturated rings. The van der Waals surface area contributed by atoms with E-state index in [4.69, 9.17) is 28.3 Å². The molecular weight excluding hydrogens is 543 g/mol. The lowest BCUT2D eigenvalue weighted by Gasteiger charge is -2.25. The SMILES string of the molecule is O=C(O)CC(F)(F)C(=O)N1N=C(C2=C(c3ccc(Cl)cc3)c3cscc3NC2)C[C@H]1c1ccc(Cl)cc1. The molecule has 0 saturated carbocycles. The van der Waals surface area contributed by atoms with Gasteiger partial charge in [0.05, 0.1) is 17.4 Å². The van der Waals surface area contributed by atoms with Crippen LogP contribution in [-0.2, 0) is 9.59 Å². The summed E-state index contributed by atoms with van der Waals surface area (Å²) in [6.07, 6.45) is -1.47. The molecule has 11 heteroatoms. The van der Waals surface area contributed by atoms with Gasteiger partial charge in [0, 0.05) is 44.9 Å². The molecule has 0 spiro atoms. The lowest BCUT2D eigenvalue weighted by atomic mass is 9.87. The summed E-state index contributed by atoms with van der Waals surface area (Å²) < 4.78 is 29.4. The van der Waals surface area contributed by atoms with Gasteiger partial charge in [-0.3, -0.25) is 9.59 Å². The second-order valence-corrected chi connectivity index (χ2v) is 10.3. The molecule has 2 N–H and O–H groups in total. The molecule has 3 heterocycles. The molecule has 3 aromatic rings. The third-order valence-corrected chi connectivity index (χ3v) is 7.48. The summed E-state index contributed by atoms with van der Waals surface area (Å²) in [6.45, 7) is 0.363. The van der Waals surface area contributed by atoms with Gasteiger partial charge in [0.15, 0.2) is 0 Å². The third kappa shape index (κ3) is 4.99. The van der Waals surface area contributed by atoms with Crippen molar-refractivity contribution in [3.63, 3.8) is 0 Å². The summed E-state index contributed by atoms with van der Waals surface area (Å²) in [5.74, 6) is -7.58.